The Morgan fingerprint density at radius 2 is 2.17 bits per heavy atom. The molecule has 1 atom stereocenters. The van der Waals surface area contributed by atoms with Crippen LogP contribution in [0.3, 0.4) is 0 Å². The fourth-order valence-electron chi connectivity index (χ4n) is 3.27. The number of benzene rings is 1. The molecule has 3 rings (SSSR count). The Kier molecular flexibility index (Phi) is 6.07. The van der Waals surface area contributed by atoms with Crippen LogP contribution in [-0.2, 0) is 9.53 Å². The smallest absolute Gasteiger partial charge is 0.337 e. The van der Waals surface area contributed by atoms with Gasteiger partial charge in [-0.15, -0.1) is 0 Å². The molecule has 9 heteroatoms. The van der Waals surface area contributed by atoms with Crippen molar-refractivity contribution in [3.8, 4) is 0 Å². The van der Waals surface area contributed by atoms with Crippen molar-refractivity contribution >= 4 is 34.8 Å². The van der Waals surface area contributed by atoms with Gasteiger partial charge in [0.1, 0.15) is 0 Å². The minimum Gasteiger partial charge on any atom is -0.463 e. The Bertz CT molecular complexity index is 1180. The molecule has 0 spiro atoms. The molecule has 29 heavy (non-hydrogen) atoms. The average molecular weight is 415 g/mol. The van der Waals surface area contributed by atoms with Gasteiger partial charge < -0.3 is 4.74 Å². The van der Waals surface area contributed by atoms with Crippen LogP contribution in [0.25, 0.3) is 11.8 Å². The van der Waals surface area contributed by atoms with E-state index in [-0.39, 0.29) is 23.9 Å². The van der Waals surface area contributed by atoms with Crippen LogP contribution in [0, 0.1) is 10.1 Å². The van der Waals surface area contributed by atoms with Gasteiger partial charge in [-0.2, -0.15) is 0 Å². The molecule has 152 valence electrons. The van der Waals surface area contributed by atoms with Crippen LogP contribution in [0.15, 0.2) is 39.6 Å². The fourth-order valence-corrected chi connectivity index (χ4v) is 4.33. The van der Waals surface area contributed by atoms with E-state index in [1.54, 1.807) is 32.1 Å². The van der Waals surface area contributed by atoms with Gasteiger partial charge >= 0.3 is 5.97 Å². The SMILES string of the molecule is CCC[C@H]1N=c2s/c(=C\c3cccc([N+](=O)[O-])c3)c(=O)n2C(C)=C1C(=O)OCC. The van der Waals surface area contributed by atoms with Gasteiger partial charge in [-0.25, -0.2) is 9.79 Å². The molecule has 0 radical (unpaired) electrons. The molecule has 1 aliphatic heterocycles. The summed E-state index contributed by atoms with van der Waals surface area (Å²) < 4.78 is 7.00. The van der Waals surface area contributed by atoms with Crippen molar-refractivity contribution in [2.24, 2.45) is 4.99 Å². The number of nitrogens with zero attached hydrogens (tertiary/aromatic N) is 3. The first kappa shape index (κ1) is 20.7. The summed E-state index contributed by atoms with van der Waals surface area (Å²) in [6.45, 7) is 5.70. The summed E-state index contributed by atoms with van der Waals surface area (Å²) in [5.74, 6) is -0.458. The summed E-state index contributed by atoms with van der Waals surface area (Å²) in [7, 11) is 0. The number of ether oxygens (including phenoxy) is 1. The molecule has 0 saturated carbocycles. The number of nitro groups is 1. The summed E-state index contributed by atoms with van der Waals surface area (Å²) in [6, 6.07) is 5.71. The Balaban J connectivity index is 2.18. The lowest BCUT2D eigenvalue weighted by Crippen LogP contribution is -2.37. The van der Waals surface area contributed by atoms with E-state index in [0.717, 1.165) is 6.42 Å². The van der Waals surface area contributed by atoms with Gasteiger partial charge in [-0.3, -0.25) is 19.5 Å². The molecule has 0 amide bonds. The summed E-state index contributed by atoms with van der Waals surface area (Å²) in [6.07, 6.45) is 3.10. The fraction of sp³-hybridized carbons (Fsp3) is 0.350. The number of carbonyl (C=O) groups is 1. The van der Waals surface area contributed by atoms with E-state index >= 15 is 0 Å². The van der Waals surface area contributed by atoms with Crippen molar-refractivity contribution < 1.29 is 14.5 Å². The van der Waals surface area contributed by atoms with Crippen LogP contribution >= 0.6 is 11.3 Å². The Hall–Kier alpha value is -3.07. The highest BCUT2D eigenvalue weighted by Gasteiger charge is 2.29. The number of thiazole rings is 1. The number of hydrogen-bond acceptors (Lipinski definition) is 7. The molecular weight excluding hydrogens is 394 g/mol. The average Bonchev–Trinajstić information content (AvgIpc) is 2.98. The second-order valence-corrected chi connectivity index (χ2v) is 7.55. The molecule has 2 heterocycles. The lowest BCUT2D eigenvalue weighted by atomic mass is 10.00. The van der Waals surface area contributed by atoms with Gasteiger partial charge in [-0.1, -0.05) is 36.8 Å². The van der Waals surface area contributed by atoms with E-state index in [1.807, 2.05) is 6.92 Å². The van der Waals surface area contributed by atoms with Gasteiger partial charge in [0.05, 0.1) is 27.7 Å². The predicted molar refractivity (Wildman–Crippen MR) is 110 cm³/mol. The summed E-state index contributed by atoms with van der Waals surface area (Å²) in [5, 5.41) is 11.0. The molecule has 1 aliphatic rings. The van der Waals surface area contributed by atoms with Crippen molar-refractivity contribution in [1.29, 1.82) is 0 Å². The van der Waals surface area contributed by atoms with Crippen molar-refractivity contribution in [3.05, 3.63) is 65.2 Å². The third-order valence-corrected chi connectivity index (χ3v) is 5.55. The van der Waals surface area contributed by atoms with Crippen molar-refractivity contribution in [1.82, 2.24) is 4.57 Å². The standard InChI is InChI=1S/C20H21N3O5S/c1-4-7-15-17(19(25)28-5-2)12(3)22-18(24)16(29-20(22)21-15)11-13-8-6-9-14(10-13)23(26)27/h6,8-11,15H,4-5,7H2,1-3H3/b16-11-/t15-/m1/s1. The van der Waals surface area contributed by atoms with Gasteiger partial charge in [0.15, 0.2) is 4.80 Å². The van der Waals surface area contributed by atoms with Gasteiger partial charge in [0.2, 0.25) is 0 Å². The maximum Gasteiger partial charge on any atom is 0.337 e. The van der Waals surface area contributed by atoms with E-state index in [9.17, 15) is 19.7 Å². The first-order valence-electron chi connectivity index (χ1n) is 9.31. The third-order valence-electron chi connectivity index (χ3n) is 4.57. The molecule has 1 aromatic heterocycles. The zero-order valence-corrected chi connectivity index (χ0v) is 17.2. The number of carbonyl (C=O) groups excluding carboxylic acids is 1. The van der Waals surface area contributed by atoms with Crippen LogP contribution in [0.1, 0.15) is 39.2 Å². The second kappa shape index (κ2) is 8.52. The first-order valence-corrected chi connectivity index (χ1v) is 10.1. The predicted octanol–water partition coefficient (Wildman–Crippen LogP) is 2.24. The summed E-state index contributed by atoms with van der Waals surface area (Å²) >= 11 is 1.20. The maximum atomic E-state index is 13.0. The third kappa shape index (κ3) is 4.04. The number of hydrogen-bond donors (Lipinski definition) is 0. The minimum atomic E-state index is -0.479. The number of allylic oxidation sites excluding steroid dienone is 1. The van der Waals surface area contributed by atoms with Crippen molar-refractivity contribution in [3.63, 3.8) is 0 Å². The van der Waals surface area contributed by atoms with Crippen LogP contribution < -0.4 is 14.9 Å². The normalized spacial score (nSPS) is 16.4. The quantitative estimate of drug-likeness (QED) is 0.409. The monoisotopic (exact) mass is 415 g/mol. The highest BCUT2D eigenvalue weighted by Crippen LogP contribution is 2.23. The van der Waals surface area contributed by atoms with E-state index in [4.69, 9.17) is 4.74 Å². The van der Waals surface area contributed by atoms with Crippen LogP contribution in [0.4, 0.5) is 5.69 Å². The molecule has 8 nitrogen and oxygen atoms in total. The Morgan fingerprint density at radius 3 is 2.83 bits per heavy atom. The van der Waals surface area contributed by atoms with Gasteiger partial charge in [0.25, 0.3) is 11.2 Å². The zero-order chi connectivity index (χ0) is 21.1. The number of fused-ring (bicyclic) bond motifs is 1. The van der Waals surface area contributed by atoms with Crippen molar-refractivity contribution in [2.45, 2.75) is 39.7 Å². The van der Waals surface area contributed by atoms with Crippen LogP contribution in [0.5, 0.6) is 0 Å². The molecule has 0 aliphatic carbocycles. The van der Waals surface area contributed by atoms with E-state index in [1.165, 1.54) is 28.0 Å². The zero-order valence-electron chi connectivity index (χ0n) is 16.4. The molecule has 1 aromatic carbocycles. The lowest BCUT2D eigenvalue weighted by molar-refractivity contribution is -0.384. The Morgan fingerprint density at radius 1 is 1.41 bits per heavy atom. The first-order chi connectivity index (χ1) is 13.9. The summed E-state index contributed by atoms with van der Waals surface area (Å²) in [5.41, 5.74) is 1.12. The van der Waals surface area contributed by atoms with Gasteiger partial charge in [-0.05, 0) is 31.9 Å². The lowest BCUT2D eigenvalue weighted by Gasteiger charge is -2.21. The molecule has 0 N–H and O–H groups in total. The largest absolute Gasteiger partial charge is 0.463 e. The number of esters is 1. The van der Waals surface area contributed by atoms with Crippen LogP contribution in [-0.4, -0.2) is 28.1 Å². The highest BCUT2D eigenvalue weighted by molar-refractivity contribution is 7.07. The maximum absolute atomic E-state index is 13.0. The minimum absolute atomic E-state index is 0.0476. The van der Waals surface area contributed by atoms with Crippen molar-refractivity contribution in [2.75, 3.05) is 6.61 Å². The molecule has 0 bridgehead atoms. The number of rotatable bonds is 6. The Labute approximate surface area is 170 Å². The molecular formula is C20H21N3O5S. The van der Waals surface area contributed by atoms with E-state index < -0.39 is 10.9 Å². The molecule has 0 fully saturated rings. The van der Waals surface area contributed by atoms with Crippen LogP contribution in [0.2, 0.25) is 0 Å². The summed E-state index contributed by atoms with van der Waals surface area (Å²) in [4.78, 5) is 41.1. The van der Waals surface area contributed by atoms with E-state index in [2.05, 4.69) is 4.99 Å². The van der Waals surface area contributed by atoms with E-state index in [0.29, 0.717) is 32.6 Å². The topological polar surface area (TPSA) is 104 Å². The van der Waals surface area contributed by atoms with Gasteiger partial charge in [0, 0.05) is 17.8 Å². The number of nitro benzene ring substituents is 1. The second-order valence-electron chi connectivity index (χ2n) is 6.54. The highest BCUT2D eigenvalue weighted by atomic mass is 32.1. The molecule has 2 aromatic rings. The molecule has 0 unspecified atom stereocenters. The molecule has 0 saturated heterocycles. The number of non-ortho nitro benzene ring substituents is 1. The number of aromatic nitrogens is 1.